The SMILES string of the molecule is C=CCN1CCN(C(=O)Cc2ccc(F)cc2)[C@@H](Cc2ccccc2-c2ccncc2)C1=O. The summed E-state index contributed by atoms with van der Waals surface area (Å²) < 4.78 is 13.3. The van der Waals surface area contributed by atoms with E-state index in [1.807, 2.05) is 36.4 Å². The topological polar surface area (TPSA) is 53.5 Å². The van der Waals surface area contributed by atoms with Gasteiger partial charge in [0.05, 0.1) is 6.42 Å². The molecule has 1 aromatic heterocycles. The van der Waals surface area contributed by atoms with Crippen molar-refractivity contribution in [1.29, 1.82) is 0 Å². The second-order valence-electron chi connectivity index (χ2n) is 8.08. The lowest BCUT2D eigenvalue weighted by Gasteiger charge is -2.40. The molecule has 2 amide bonds. The molecule has 0 N–H and O–H groups in total. The molecule has 0 unspecified atom stereocenters. The Bertz CT molecular complexity index is 1130. The van der Waals surface area contributed by atoms with E-state index >= 15 is 0 Å². The molecule has 3 aromatic rings. The molecule has 2 aromatic carbocycles. The lowest BCUT2D eigenvalue weighted by atomic mass is 9.93. The number of carbonyl (C=O) groups excluding carboxylic acids is 2. The fourth-order valence-corrected chi connectivity index (χ4v) is 4.27. The molecular formula is C27H26FN3O2. The summed E-state index contributed by atoms with van der Waals surface area (Å²) in [7, 11) is 0. The van der Waals surface area contributed by atoms with Gasteiger partial charge in [0.25, 0.3) is 0 Å². The van der Waals surface area contributed by atoms with Crippen molar-refractivity contribution in [2.75, 3.05) is 19.6 Å². The van der Waals surface area contributed by atoms with E-state index < -0.39 is 6.04 Å². The van der Waals surface area contributed by atoms with E-state index in [0.29, 0.717) is 26.1 Å². The number of nitrogens with zero attached hydrogens (tertiary/aromatic N) is 3. The molecule has 0 spiro atoms. The van der Waals surface area contributed by atoms with Crippen LogP contribution in [0.3, 0.4) is 0 Å². The van der Waals surface area contributed by atoms with Gasteiger partial charge in [-0.25, -0.2) is 4.39 Å². The minimum Gasteiger partial charge on any atom is -0.335 e. The van der Waals surface area contributed by atoms with Gasteiger partial charge >= 0.3 is 0 Å². The Labute approximate surface area is 193 Å². The third kappa shape index (κ3) is 5.17. The largest absolute Gasteiger partial charge is 0.335 e. The summed E-state index contributed by atoms with van der Waals surface area (Å²) in [5.41, 5.74) is 3.73. The Kier molecular flexibility index (Phi) is 6.93. The molecule has 0 saturated carbocycles. The number of pyridine rings is 1. The third-order valence-electron chi connectivity index (χ3n) is 5.94. The normalized spacial score (nSPS) is 16.0. The van der Waals surface area contributed by atoms with Crippen molar-refractivity contribution in [3.63, 3.8) is 0 Å². The van der Waals surface area contributed by atoms with Crippen LogP contribution in [0, 0.1) is 5.82 Å². The summed E-state index contributed by atoms with van der Waals surface area (Å²) >= 11 is 0. The first-order valence-electron chi connectivity index (χ1n) is 11.0. The number of hydrogen-bond donors (Lipinski definition) is 0. The molecule has 0 aliphatic carbocycles. The van der Waals surface area contributed by atoms with Crippen LogP contribution in [0.2, 0.25) is 0 Å². The van der Waals surface area contributed by atoms with Crippen LogP contribution in [-0.4, -0.2) is 52.3 Å². The van der Waals surface area contributed by atoms with Crippen molar-refractivity contribution in [3.8, 4) is 11.1 Å². The van der Waals surface area contributed by atoms with Gasteiger partial charge in [0.15, 0.2) is 0 Å². The van der Waals surface area contributed by atoms with Crippen molar-refractivity contribution in [3.05, 3.63) is 103 Å². The maximum absolute atomic E-state index is 13.4. The maximum atomic E-state index is 13.4. The van der Waals surface area contributed by atoms with E-state index in [0.717, 1.165) is 22.3 Å². The molecule has 168 valence electrons. The molecule has 1 atom stereocenters. The Hall–Kier alpha value is -3.80. The van der Waals surface area contributed by atoms with E-state index in [4.69, 9.17) is 0 Å². The van der Waals surface area contributed by atoms with Gasteiger partial charge < -0.3 is 9.80 Å². The molecule has 6 heteroatoms. The van der Waals surface area contributed by atoms with Gasteiger partial charge in [-0.05, 0) is 46.5 Å². The van der Waals surface area contributed by atoms with Crippen molar-refractivity contribution in [1.82, 2.24) is 14.8 Å². The van der Waals surface area contributed by atoms with Gasteiger partial charge in [-0.15, -0.1) is 6.58 Å². The number of piperazine rings is 1. The molecule has 0 bridgehead atoms. The minimum atomic E-state index is -0.616. The Morgan fingerprint density at radius 1 is 1.06 bits per heavy atom. The van der Waals surface area contributed by atoms with E-state index in [-0.39, 0.29) is 24.1 Å². The Balaban J connectivity index is 1.63. The van der Waals surface area contributed by atoms with Crippen LogP contribution in [0.25, 0.3) is 11.1 Å². The average molecular weight is 444 g/mol. The van der Waals surface area contributed by atoms with Crippen molar-refractivity contribution in [2.45, 2.75) is 18.9 Å². The Morgan fingerprint density at radius 2 is 1.79 bits per heavy atom. The van der Waals surface area contributed by atoms with Gasteiger partial charge in [-0.2, -0.15) is 0 Å². The van der Waals surface area contributed by atoms with E-state index in [1.165, 1.54) is 12.1 Å². The van der Waals surface area contributed by atoms with E-state index in [2.05, 4.69) is 11.6 Å². The number of rotatable bonds is 7. The minimum absolute atomic E-state index is 0.0851. The van der Waals surface area contributed by atoms with Crippen LogP contribution in [0.1, 0.15) is 11.1 Å². The monoisotopic (exact) mass is 443 g/mol. The lowest BCUT2D eigenvalue weighted by Crippen LogP contribution is -2.59. The zero-order valence-electron chi connectivity index (χ0n) is 18.4. The summed E-state index contributed by atoms with van der Waals surface area (Å²) in [6.07, 6.45) is 5.71. The summed E-state index contributed by atoms with van der Waals surface area (Å²) in [4.78, 5) is 34.2. The highest BCUT2D eigenvalue weighted by Crippen LogP contribution is 2.27. The summed E-state index contributed by atoms with van der Waals surface area (Å²) in [5.74, 6) is -0.567. The van der Waals surface area contributed by atoms with Gasteiger partial charge in [0, 0.05) is 38.4 Å². The standard InChI is InChI=1S/C27H26FN3O2/c1-2-15-30-16-17-31(26(32)18-20-7-9-23(28)10-8-20)25(27(30)33)19-22-5-3-4-6-24(22)21-11-13-29-14-12-21/h2-14,25H,1,15-19H2/t25-/m0/s1. The predicted octanol–water partition coefficient (Wildman–Crippen LogP) is 3.90. The Morgan fingerprint density at radius 3 is 2.52 bits per heavy atom. The first-order valence-corrected chi connectivity index (χ1v) is 11.0. The summed E-state index contributed by atoms with van der Waals surface area (Å²) in [6, 6.07) is 17.1. The van der Waals surface area contributed by atoms with Crippen LogP contribution in [0.4, 0.5) is 4.39 Å². The van der Waals surface area contributed by atoms with Crippen LogP contribution >= 0.6 is 0 Å². The van der Waals surface area contributed by atoms with Crippen molar-refractivity contribution < 1.29 is 14.0 Å². The average Bonchev–Trinajstić information content (AvgIpc) is 2.84. The van der Waals surface area contributed by atoms with Crippen LogP contribution < -0.4 is 0 Å². The molecule has 1 fully saturated rings. The smallest absolute Gasteiger partial charge is 0.246 e. The van der Waals surface area contributed by atoms with Gasteiger partial charge in [0.2, 0.25) is 11.8 Å². The quantitative estimate of drug-likeness (QED) is 0.521. The van der Waals surface area contributed by atoms with Gasteiger partial charge in [-0.3, -0.25) is 14.6 Å². The maximum Gasteiger partial charge on any atom is 0.246 e. The van der Waals surface area contributed by atoms with Gasteiger partial charge in [-0.1, -0.05) is 42.5 Å². The third-order valence-corrected chi connectivity index (χ3v) is 5.94. The molecule has 2 heterocycles. The predicted molar refractivity (Wildman–Crippen MR) is 126 cm³/mol. The molecule has 0 radical (unpaired) electrons. The molecule has 33 heavy (non-hydrogen) atoms. The second-order valence-corrected chi connectivity index (χ2v) is 8.08. The van der Waals surface area contributed by atoms with Crippen LogP contribution in [0.15, 0.2) is 85.7 Å². The highest BCUT2D eigenvalue weighted by Gasteiger charge is 2.37. The highest BCUT2D eigenvalue weighted by molar-refractivity contribution is 5.90. The number of carbonyl (C=O) groups is 2. The number of aromatic nitrogens is 1. The number of hydrogen-bond acceptors (Lipinski definition) is 3. The molecule has 1 aliphatic heterocycles. The number of benzene rings is 2. The second kappa shape index (κ2) is 10.2. The summed E-state index contributed by atoms with van der Waals surface area (Å²) in [6.45, 7) is 5.11. The molecule has 1 aliphatic rings. The summed E-state index contributed by atoms with van der Waals surface area (Å²) in [5, 5.41) is 0. The zero-order chi connectivity index (χ0) is 23.2. The first-order chi connectivity index (χ1) is 16.1. The fourth-order valence-electron chi connectivity index (χ4n) is 4.27. The highest BCUT2D eigenvalue weighted by atomic mass is 19.1. The van der Waals surface area contributed by atoms with Crippen LogP contribution in [-0.2, 0) is 22.4 Å². The first kappa shape index (κ1) is 22.4. The number of amides is 2. The lowest BCUT2D eigenvalue weighted by molar-refractivity contribution is -0.150. The molecule has 1 saturated heterocycles. The zero-order valence-corrected chi connectivity index (χ0v) is 18.4. The van der Waals surface area contributed by atoms with E-state index in [9.17, 15) is 14.0 Å². The molecule has 5 nitrogen and oxygen atoms in total. The van der Waals surface area contributed by atoms with Gasteiger partial charge in [0.1, 0.15) is 11.9 Å². The van der Waals surface area contributed by atoms with Crippen LogP contribution in [0.5, 0.6) is 0 Å². The van der Waals surface area contributed by atoms with Crippen molar-refractivity contribution in [2.24, 2.45) is 0 Å². The molecular weight excluding hydrogens is 417 g/mol. The number of halogens is 1. The fraction of sp³-hybridized carbons (Fsp3) is 0.222. The van der Waals surface area contributed by atoms with Crippen molar-refractivity contribution >= 4 is 11.8 Å². The van der Waals surface area contributed by atoms with E-state index in [1.54, 1.807) is 40.4 Å². The molecule has 4 rings (SSSR count).